The molecule has 2 aromatic carbocycles. The summed E-state index contributed by atoms with van der Waals surface area (Å²) in [5.74, 6) is -1.91. The molecular formula is C24H18FN5O5. The maximum atomic E-state index is 13.6. The number of nitrogens with one attached hydrogen (secondary N) is 1. The van der Waals surface area contributed by atoms with E-state index in [1.54, 1.807) is 37.3 Å². The molecule has 0 saturated carbocycles. The fourth-order valence-corrected chi connectivity index (χ4v) is 3.69. The van der Waals surface area contributed by atoms with Crippen LogP contribution in [0.4, 0.5) is 21.5 Å². The number of nitriles is 1. The second-order valence-corrected chi connectivity index (χ2v) is 7.83. The molecule has 1 aromatic heterocycles. The minimum Gasteiger partial charge on any atom is -0.438 e. The Morgan fingerprint density at radius 1 is 1.31 bits per heavy atom. The number of anilines is 2. The van der Waals surface area contributed by atoms with Gasteiger partial charge in [-0.25, -0.2) is 4.98 Å². The van der Waals surface area contributed by atoms with E-state index in [1.807, 2.05) is 6.07 Å². The molecule has 176 valence electrons. The summed E-state index contributed by atoms with van der Waals surface area (Å²) < 4.78 is 19.3. The van der Waals surface area contributed by atoms with E-state index in [2.05, 4.69) is 10.3 Å². The van der Waals surface area contributed by atoms with Crippen molar-refractivity contribution in [3.63, 3.8) is 0 Å². The number of nitro groups is 1. The molecule has 0 aliphatic carbocycles. The van der Waals surface area contributed by atoms with Gasteiger partial charge in [0.25, 0.3) is 0 Å². The Morgan fingerprint density at radius 2 is 2.11 bits per heavy atom. The molecule has 0 spiro atoms. The minimum atomic E-state index is -1.01. The first kappa shape index (κ1) is 23.3. The van der Waals surface area contributed by atoms with Crippen molar-refractivity contribution in [2.75, 3.05) is 16.8 Å². The second-order valence-electron chi connectivity index (χ2n) is 7.83. The highest BCUT2D eigenvalue weighted by atomic mass is 19.1. The van der Waals surface area contributed by atoms with Crippen LogP contribution in [0.5, 0.6) is 11.6 Å². The number of rotatable bonds is 6. The van der Waals surface area contributed by atoms with Gasteiger partial charge in [0.1, 0.15) is 17.4 Å². The highest BCUT2D eigenvalue weighted by molar-refractivity contribution is 6.03. The molecule has 35 heavy (non-hydrogen) atoms. The normalized spacial score (nSPS) is 14.9. The van der Waals surface area contributed by atoms with E-state index in [-0.39, 0.29) is 30.1 Å². The van der Waals surface area contributed by atoms with E-state index in [4.69, 9.17) is 10.00 Å². The van der Waals surface area contributed by atoms with Gasteiger partial charge in [-0.15, -0.1) is 0 Å². The molecule has 1 aliphatic heterocycles. The lowest BCUT2D eigenvalue weighted by Gasteiger charge is -2.17. The number of amides is 2. The van der Waals surface area contributed by atoms with Crippen molar-refractivity contribution in [1.29, 1.82) is 5.26 Å². The van der Waals surface area contributed by atoms with Gasteiger partial charge < -0.3 is 15.0 Å². The van der Waals surface area contributed by atoms with Gasteiger partial charge in [-0.05, 0) is 55.0 Å². The zero-order chi connectivity index (χ0) is 25.1. The van der Waals surface area contributed by atoms with Crippen LogP contribution < -0.4 is 15.0 Å². The molecule has 11 heteroatoms. The molecular weight excluding hydrogens is 457 g/mol. The van der Waals surface area contributed by atoms with Crippen LogP contribution in [0.1, 0.15) is 17.5 Å². The van der Waals surface area contributed by atoms with E-state index < -0.39 is 34.2 Å². The Hall–Kier alpha value is -4.85. The molecule has 1 saturated heterocycles. The number of ether oxygens (including phenoxy) is 1. The molecule has 1 unspecified atom stereocenters. The Bertz CT molecular complexity index is 1390. The van der Waals surface area contributed by atoms with Gasteiger partial charge in [0.05, 0.1) is 16.5 Å². The van der Waals surface area contributed by atoms with Crippen LogP contribution in [0, 0.1) is 40.1 Å². The average molecular weight is 475 g/mol. The van der Waals surface area contributed by atoms with E-state index >= 15 is 0 Å². The van der Waals surface area contributed by atoms with Crippen molar-refractivity contribution in [3.05, 3.63) is 81.8 Å². The summed E-state index contributed by atoms with van der Waals surface area (Å²) in [6, 6.07) is 13.3. The molecule has 1 aliphatic rings. The third-order valence-electron chi connectivity index (χ3n) is 5.50. The van der Waals surface area contributed by atoms with Crippen molar-refractivity contribution >= 4 is 28.9 Å². The summed E-state index contributed by atoms with van der Waals surface area (Å²) in [5, 5.41) is 23.0. The zero-order valence-corrected chi connectivity index (χ0v) is 18.4. The number of carbonyl (C=O) groups excluding carboxylic acids is 2. The maximum absolute atomic E-state index is 13.6. The molecule has 1 atom stereocenters. The van der Waals surface area contributed by atoms with Crippen LogP contribution >= 0.6 is 0 Å². The number of nitrogens with zero attached hydrogens (tertiary/aromatic N) is 4. The number of nitro benzene ring substituents is 1. The number of carbonyl (C=O) groups is 2. The first-order chi connectivity index (χ1) is 16.8. The van der Waals surface area contributed by atoms with Crippen LogP contribution in [0.15, 0.2) is 54.7 Å². The van der Waals surface area contributed by atoms with Gasteiger partial charge in [0, 0.05) is 30.9 Å². The minimum absolute atomic E-state index is 0.00427. The van der Waals surface area contributed by atoms with Gasteiger partial charge in [-0.3, -0.25) is 19.7 Å². The van der Waals surface area contributed by atoms with E-state index in [1.165, 1.54) is 17.2 Å². The zero-order valence-electron chi connectivity index (χ0n) is 18.4. The smallest absolute Gasteiger partial charge is 0.306 e. The summed E-state index contributed by atoms with van der Waals surface area (Å²) >= 11 is 0. The Labute approximate surface area is 198 Å². The molecule has 4 rings (SSSR count). The van der Waals surface area contributed by atoms with E-state index in [0.717, 1.165) is 12.1 Å². The number of aryl methyl sites for hydroxylation is 1. The fourth-order valence-electron chi connectivity index (χ4n) is 3.69. The number of aromatic nitrogens is 1. The van der Waals surface area contributed by atoms with Gasteiger partial charge in [-0.2, -0.15) is 9.65 Å². The SMILES string of the molecule is Cc1cc(Oc2ncccc2C#N)ccc1NC(=O)C1CC(=O)N(c2ccc(F)c([N+](=O)[O-])c2)C1. The van der Waals surface area contributed by atoms with Crippen LogP contribution in [0.3, 0.4) is 0 Å². The second kappa shape index (κ2) is 9.56. The molecule has 0 radical (unpaired) electrons. The Balaban J connectivity index is 1.45. The van der Waals surface area contributed by atoms with Crippen molar-refractivity contribution < 1.29 is 23.6 Å². The number of pyridine rings is 1. The van der Waals surface area contributed by atoms with Gasteiger partial charge in [0.2, 0.25) is 23.5 Å². The van der Waals surface area contributed by atoms with Crippen molar-refractivity contribution in [1.82, 2.24) is 4.98 Å². The number of hydrogen-bond acceptors (Lipinski definition) is 7. The fraction of sp³-hybridized carbons (Fsp3) is 0.167. The lowest BCUT2D eigenvalue weighted by atomic mass is 10.1. The molecule has 10 nitrogen and oxygen atoms in total. The van der Waals surface area contributed by atoms with Crippen LogP contribution in [-0.2, 0) is 9.59 Å². The van der Waals surface area contributed by atoms with Crippen LogP contribution in [-0.4, -0.2) is 28.3 Å². The predicted octanol–water partition coefficient (Wildman–Crippen LogP) is 4.09. The lowest BCUT2D eigenvalue weighted by molar-refractivity contribution is -0.387. The Morgan fingerprint density at radius 3 is 2.83 bits per heavy atom. The molecule has 0 bridgehead atoms. The van der Waals surface area contributed by atoms with Crippen LogP contribution in [0.2, 0.25) is 0 Å². The monoisotopic (exact) mass is 475 g/mol. The van der Waals surface area contributed by atoms with Crippen molar-refractivity contribution in [2.24, 2.45) is 5.92 Å². The van der Waals surface area contributed by atoms with E-state index in [0.29, 0.717) is 17.0 Å². The van der Waals surface area contributed by atoms with Gasteiger partial charge in [0.15, 0.2) is 0 Å². The number of hydrogen-bond donors (Lipinski definition) is 1. The summed E-state index contributed by atoms with van der Waals surface area (Å²) in [7, 11) is 0. The Kier molecular flexibility index (Phi) is 6.37. The molecule has 2 heterocycles. The summed E-state index contributed by atoms with van der Waals surface area (Å²) in [6.07, 6.45) is 1.42. The summed E-state index contributed by atoms with van der Waals surface area (Å²) in [5.41, 5.74) is 0.883. The quantitative estimate of drug-likeness (QED) is 0.418. The topological polar surface area (TPSA) is 138 Å². The molecule has 1 fully saturated rings. The molecule has 2 amide bonds. The van der Waals surface area contributed by atoms with Crippen molar-refractivity contribution in [2.45, 2.75) is 13.3 Å². The summed E-state index contributed by atoms with van der Waals surface area (Å²) in [4.78, 5) is 40.8. The van der Waals surface area contributed by atoms with E-state index in [9.17, 15) is 24.1 Å². The van der Waals surface area contributed by atoms with Crippen LogP contribution in [0.25, 0.3) is 0 Å². The highest BCUT2D eigenvalue weighted by Gasteiger charge is 2.36. The maximum Gasteiger partial charge on any atom is 0.306 e. The lowest BCUT2D eigenvalue weighted by Crippen LogP contribution is -2.28. The molecule has 1 N–H and O–H groups in total. The standard InChI is InChI=1S/C24H18FN5O5/c1-14-9-18(35-24-15(12-26)3-2-8-27-24)5-7-20(14)28-23(32)16-10-22(31)29(13-16)17-4-6-19(25)21(11-17)30(33)34/h2-9,11,16H,10,13H2,1H3,(H,28,32). The highest BCUT2D eigenvalue weighted by Crippen LogP contribution is 2.31. The van der Waals surface area contributed by atoms with Crippen molar-refractivity contribution in [3.8, 4) is 17.7 Å². The predicted molar refractivity (Wildman–Crippen MR) is 122 cm³/mol. The summed E-state index contributed by atoms with van der Waals surface area (Å²) in [6.45, 7) is 1.76. The third kappa shape index (κ3) is 4.91. The third-order valence-corrected chi connectivity index (χ3v) is 5.50. The first-order valence-electron chi connectivity index (χ1n) is 10.5. The average Bonchev–Trinajstić information content (AvgIpc) is 3.23. The number of halogens is 1. The van der Waals surface area contributed by atoms with Gasteiger partial charge in [-0.1, -0.05) is 0 Å². The largest absolute Gasteiger partial charge is 0.438 e. The van der Waals surface area contributed by atoms with Gasteiger partial charge >= 0.3 is 5.69 Å². The molecule has 3 aromatic rings. The number of benzene rings is 2. The first-order valence-corrected chi connectivity index (χ1v) is 10.5.